The average Bonchev–Trinajstić information content (AvgIpc) is 2.39. The van der Waals surface area contributed by atoms with Crippen LogP contribution in [0, 0.1) is 0 Å². The van der Waals surface area contributed by atoms with Crippen molar-refractivity contribution in [1.29, 1.82) is 0 Å². The number of hydrogen-bond donors (Lipinski definition) is 1. The van der Waals surface area contributed by atoms with Crippen LogP contribution in [0.3, 0.4) is 0 Å². The standard InChI is InChI=1S/C14H26N2O3/c1-16(10-6-9-14(18)19-2)11-13(17)15-12-7-4-3-5-8-12/h12H,3-11H2,1-2H3,(H,15,17). The first kappa shape index (κ1) is 16.0. The number of amides is 1. The summed E-state index contributed by atoms with van der Waals surface area (Å²) in [6.07, 6.45) is 7.08. The normalized spacial score (nSPS) is 16.4. The summed E-state index contributed by atoms with van der Waals surface area (Å²) in [4.78, 5) is 24.7. The summed E-state index contributed by atoms with van der Waals surface area (Å²) in [5.41, 5.74) is 0. The molecule has 0 aromatic carbocycles. The van der Waals surface area contributed by atoms with Gasteiger partial charge < -0.3 is 10.1 Å². The van der Waals surface area contributed by atoms with E-state index in [1.54, 1.807) is 0 Å². The minimum atomic E-state index is -0.194. The number of carbonyl (C=O) groups excluding carboxylic acids is 2. The first-order valence-corrected chi connectivity index (χ1v) is 7.16. The highest BCUT2D eigenvalue weighted by Crippen LogP contribution is 2.17. The maximum absolute atomic E-state index is 11.8. The third-order valence-electron chi connectivity index (χ3n) is 3.53. The Hall–Kier alpha value is -1.10. The first-order valence-electron chi connectivity index (χ1n) is 7.16. The lowest BCUT2D eigenvalue weighted by atomic mass is 9.95. The van der Waals surface area contributed by atoms with Gasteiger partial charge in [0.2, 0.25) is 5.91 Å². The number of esters is 1. The Labute approximate surface area is 115 Å². The van der Waals surface area contributed by atoms with E-state index < -0.39 is 0 Å². The number of carbonyl (C=O) groups is 2. The fourth-order valence-corrected chi connectivity index (χ4v) is 2.44. The topological polar surface area (TPSA) is 58.6 Å². The molecular weight excluding hydrogens is 244 g/mol. The van der Waals surface area contributed by atoms with Gasteiger partial charge in [-0.2, -0.15) is 0 Å². The Morgan fingerprint density at radius 3 is 2.58 bits per heavy atom. The van der Waals surface area contributed by atoms with E-state index in [4.69, 9.17) is 0 Å². The quantitative estimate of drug-likeness (QED) is 0.709. The smallest absolute Gasteiger partial charge is 0.305 e. The number of nitrogens with one attached hydrogen (secondary N) is 1. The molecule has 1 aliphatic carbocycles. The minimum absolute atomic E-state index is 0.0902. The molecule has 110 valence electrons. The highest BCUT2D eigenvalue weighted by Gasteiger charge is 2.16. The van der Waals surface area contributed by atoms with Crippen LogP contribution in [-0.4, -0.2) is 50.1 Å². The van der Waals surface area contributed by atoms with Crippen LogP contribution < -0.4 is 5.32 Å². The van der Waals surface area contributed by atoms with Crippen LogP contribution in [0.1, 0.15) is 44.9 Å². The van der Waals surface area contributed by atoms with Crippen molar-refractivity contribution >= 4 is 11.9 Å². The summed E-state index contributed by atoms with van der Waals surface area (Å²) >= 11 is 0. The van der Waals surface area contributed by atoms with Gasteiger partial charge >= 0.3 is 5.97 Å². The van der Waals surface area contributed by atoms with Crippen LogP contribution in [0.4, 0.5) is 0 Å². The number of rotatable bonds is 7. The van der Waals surface area contributed by atoms with Gasteiger partial charge in [-0.25, -0.2) is 0 Å². The van der Waals surface area contributed by atoms with E-state index in [-0.39, 0.29) is 11.9 Å². The van der Waals surface area contributed by atoms with Crippen molar-refractivity contribution in [3.8, 4) is 0 Å². The summed E-state index contributed by atoms with van der Waals surface area (Å²) in [5, 5.41) is 3.09. The van der Waals surface area contributed by atoms with Gasteiger partial charge in [-0.15, -0.1) is 0 Å². The molecule has 1 rings (SSSR count). The number of nitrogens with zero attached hydrogens (tertiary/aromatic N) is 1. The second kappa shape index (κ2) is 8.91. The summed E-state index contributed by atoms with van der Waals surface area (Å²) in [6.45, 7) is 1.13. The van der Waals surface area contributed by atoms with Gasteiger partial charge in [-0.3, -0.25) is 14.5 Å². The molecule has 1 aliphatic rings. The van der Waals surface area contributed by atoms with Crippen molar-refractivity contribution in [3.63, 3.8) is 0 Å². The highest BCUT2D eigenvalue weighted by atomic mass is 16.5. The van der Waals surface area contributed by atoms with Gasteiger partial charge in [-0.1, -0.05) is 19.3 Å². The van der Waals surface area contributed by atoms with Crippen molar-refractivity contribution in [2.75, 3.05) is 27.2 Å². The molecule has 19 heavy (non-hydrogen) atoms. The molecule has 0 unspecified atom stereocenters. The van der Waals surface area contributed by atoms with E-state index in [1.807, 2.05) is 11.9 Å². The fraction of sp³-hybridized carbons (Fsp3) is 0.857. The molecule has 5 heteroatoms. The number of ether oxygens (including phenoxy) is 1. The van der Waals surface area contributed by atoms with Gasteiger partial charge in [-0.05, 0) is 32.9 Å². The summed E-state index contributed by atoms with van der Waals surface area (Å²) in [7, 11) is 3.29. The molecule has 0 aromatic heterocycles. The SMILES string of the molecule is COC(=O)CCCN(C)CC(=O)NC1CCCCC1. The van der Waals surface area contributed by atoms with E-state index in [9.17, 15) is 9.59 Å². The lowest BCUT2D eigenvalue weighted by molar-refractivity contribution is -0.140. The maximum atomic E-state index is 11.8. The van der Waals surface area contributed by atoms with Crippen LogP contribution in [-0.2, 0) is 14.3 Å². The molecule has 0 bridgehead atoms. The molecule has 0 aliphatic heterocycles. The second-order valence-electron chi connectivity index (χ2n) is 5.32. The predicted molar refractivity (Wildman–Crippen MR) is 73.8 cm³/mol. The minimum Gasteiger partial charge on any atom is -0.469 e. The largest absolute Gasteiger partial charge is 0.469 e. The van der Waals surface area contributed by atoms with Gasteiger partial charge in [0.25, 0.3) is 0 Å². The van der Waals surface area contributed by atoms with Crippen LogP contribution in [0.15, 0.2) is 0 Å². The van der Waals surface area contributed by atoms with E-state index >= 15 is 0 Å². The van der Waals surface area contributed by atoms with Crippen LogP contribution in [0.25, 0.3) is 0 Å². The van der Waals surface area contributed by atoms with Crippen molar-refractivity contribution in [2.24, 2.45) is 0 Å². The fourth-order valence-electron chi connectivity index (χ4n) is 2.44. The van der Waals surface area contributed by atoms with E-state index in [2.05, 4.69) is 10.1 Å². The molecule has 5 nitrogen and oxygen atoms in total. The molecule has 0 aromatic rings. The van der Waals surface area contributed by atoms with Crippen molar-refractivity contribution < 1.29 is 14.3 Å². The Kier molecular flexibility index (Phi) is 7.48. The second-order valence-corrected chi connectivity index (χ2v) is 5.32. The van der Waals surface area contributed by atoms with E-state index in [0.29, 0.717) is 19.0 Å². The third kappa shape index (κ3) is 7.15. The first-order chi connectivity index (χ1) is 9.11. The van der Waals surface area contributed by atoms with Crippen molar-refractivity contribution in [1.82, 2.24) is 10.2 Å². The Bertz CT molecular complexity index is 288. The predicted octanol–water partition coefficient (Wildman–Crippen LogP) is 1.32. The summed E-state index contributed by atoms with van der Waals surface area (Å²) in [6, 6.07) is 0.365. The molecule has 0 saturated heterocycles. The van der Waals surface area contributed by atoms with E-state index in [1.165, 1.54) is 26.4 Å². The molecule has 1 N–H and O–H groups in total. The van der Waals surface area contributed by atoms with Gasteiger partial charge in [0.1, 0.15) is 0 Å². The molecule has 0 spiro atoms. The lowest BCUT2D eigenvalue weighted by Crippen LogP contribution is -2.42. The Morgan fingerprint density at radius 1 is 1.26 bits per heavy atom. The molecule has 1 fully saturated rings. The number of likely N-dealkylation sites (N-methyl/N-ethyl adjacent to an activating group) is 1. The third-order valence-corrected chi connectivity index (χ3v) is 3.53. The molecule has 0 radical (unpaired) electrons. The monoisotopic (exact) mass is 270 g/mol. The molecule has 1 amide bonds. The van der Waals surface area contributed by atoms with Crippen LogP contribution >= 0.6 is 0 Å². The van der Waals surface area contributed by atoms with Gasteiger partial charge in [0.05, 0.1) is 13.7 Å². The van der Waals surface area contributed by atoms with E-state index in [0.717, 1.165) is 25.8 Å². The molecular formula is C14H26N2O3. The highest BCUT2D eigenvalue weighted by molar-refractivity contribution is 5.78. The van der Waals surface area contributed by atoms with Gasteiger partial charge in [0.15, 0.2) is 0 Å². The molecule has 0 heterocycles. The zero-order valence-corrected chi connectivity index (χ0v) is 12.1. The zero-order chi connectivity index (χ0) is 14.1. The zero-order valence-electron chi connectivity index (χ0n) is 12.1. The molecule has 0 atom stereocenters. The average molecular weight is 270 g/mol. The summed E-state index contributed by atoms with van der Waals surface area (Å²) in [5.74, 6) is -0.104. The number of hydrogen-bond acceptors (Lipinski definition) is 4. The maximum Gasteiger partial charge on any atom is 0.305 e. The van der Waals surface area contributed by atoms with Crippen LogP contribution in [0.2, 0.25) is 0 Å². The van der Waals surface area contributed by atoms with Crippen LogP contribution in [0.5, 0.6) is 0 Å². The Morgan fingerprint density at radius 2 is 1.95 bits per heavy atom. The lowest BCUT2D eigenvalue weighted by Gasteiger charge is -2.24. The summed E-state index contributed by atoms with van der Waals surface area (Å²) < 4.78 is 4.58. The van der Waals surface area contributed by atoms with Crippen molar-refractivity contribution in [3.05, 3.63) is 0 Å². The Balaban J connectivity index is 2.11. The van der Waals surface area contributed by atoms with Gasteiger partial charge in [0, 0.05) is 12.5 Å². The van der Waals surface area contributed by atoms with Crippen molar-refractivity contribution in [2.45, 2.75) is 51.0 Å². The molecule has 1 saturated carbocycles. The number of methoxy groups -OCH3 is 1.